The van der Waals surface area contributed by atoms with Crippen LogP contribution in [0.2, 0.25) is 0 Å². The van der Waals surface area contributed by atoms with Crippen LogP contribution in [-0.4, -0.2) is 78.0 Å². The highest BCUT2D eigenvalue weighted by molar-refractivity contribution is 5.23. The third-order valence-electron chi connectivity index (χ3n) is 7.09. The van der Waals surface area contributed by atoms with Gasteiger partial charge in [-0.3, -0.25) is 14.7 Å². The lowest BCUT2D eigenvalue weighted by Crippen LogP contribution is -2.55. The summed E-state index contributed by atoms with van der Waals surface area (Å²) in [4.78, 5) is 10.3. The van der Waals surface area contributed by atoms with Crippen molar-refractivity contribution in [2.45, 2.75) is 52.5 Å². The van der Waals surface area contributed by atoms with E-state index < -0.39 is 0 Å². The van der Waals surface area contributed by atoms with Crippen molar-refractivity contribution in [2.75, 3.05) is 46.3 Å². The van der Waals surface area contributed by atoms with E-state index in [1.54, 1.807) is 0 Å². The third-order valence-corrected chi connectivity index (χ3v) is 7.09. The molecule has 0 saturated carbocycles. The molecule has 2 atom stereocenters. The van der Waals surface area contributed by atoms with Crippen molar-refractivity contribution in [3.63, 3.8) is 0 Å². The Balaban J connectivity index is 1.29. The van der Waals surface area contributed by atoms with Crippen LogP contribution in [0.4, 0.5) is 0 Å². The molecule has 2 aromatic carbocycles. The average Bonchev–Trinajstić information content (AvgIpc) is 2.75. The first-order valence-corrected chi connectivity index (χ1v) is 12.0. The van der Waals surface area contributed by atoms with Crippen LogP contribution in [0.25, 0.3) is 0 Å². The first kappa shape index (κ1) is 22.5. The second-order valence-electron chi connectivity index (χ2n) is 9.95. The smallest absolute Gasteiger partial charge is 0.0240 e. The first-order chi connectivity index (χ1) is 15.0. The zero-order valence-electron chi connectivity index (χ0n) is 19.9. The second-order valence-corrected chi connectivity index (χ2v) is 9.95. The summed E-state index contributed by atoms with van der Waals surface area (Å²) >= 11 is 0. The molecule has 2 saturated heterocycles. The van der Waals surface area contributed by atoms with Gasteiger partial charge in [0, 0.05) is 71.0 Å². The van der Waals surface area contributed by atoms with E-state index in [2.05, 4.69) is 95.9 Å². The maximum Gasteiger partial charge on any atom is 0.0240 e. The Labute approximate surface area is 189 Å². The maximum absolute atomic E-state index is 2.68. The van der Waals surface area contributed by atoms with E-state index in [9.17, 15) is 0 Å². The molecule has 0 aliphatic carbocycles. The molecule has 168 valence electrons. The fraction of sp³-hybridized carbons (Fsp3) is 0.556. The quantitative estimate of drug-likeness (QED) is 0.704. The molecule has 2 aromatic rings. The van der Waals surface area contributed by atoms with Crippen molar-refractivity contribution < 1.29 is 0 Å². The van der Waals surface area contributed by atoms with Gasteiger partial charge in [0.05, 0.1) is 0 Å². The Hall–Kier alpha value is -1.72. The molecular formula is C27H40N4. The van der Waals surface area contributed by atoms with E-state index in [1.165, 1.54) is 48.4 Å². The Bertz CT molecular complexity index is 796. The number of hydrogen-bond donors (Lipinski definition) is 0. The lowest BCUT2D eigenvalue weighted by atomic mass is 10.0. The molecule has 0 N–H and O–H groups in total. The van der Waals surface area contributed by atoms with Crippen LogP contribution in [0.3, 0.4) is 0 Å². The highest BCUT2D eigenvalue weighted by Gasteiger charge is 2.29. The summed E-state index contributed by atoms with van der Waals surface area (Å²) in [5.74, 6) is 0. The molecule has 4 rings (SSSR count). The summed E-state index contributed by atoms with van der Waals surface area (Å²) in [7, 11) is 2.22. The molecule has 2 fully saturated rings. The SMILES string of the molecule is Cc1ccc(CN2CC(C)N(Cc3ccc(CN4CCN(C)CC4)cc3)C(C)C2)cc1. The number of benzene rings is 2. The molecule has 2 aliphatic heterocycles. The van der Waals surface area contributed by atoms with Gasteiger partial charge in [-0.1, -0.05) is 54.1 Å². The topological polar surface area (TPSA) is 13.0 Å². The van der Waals surface area contributed by atoms with Gasteiger partial charge in [0.1, 0.15) is 0 Å². The summed E-state index contributed by atoms with van der Waals surface area (Å²) in [5, 5.41) is 0. The van der Waals surface area contributed by atoms with E-state index in [0.717, 1.165) is 32.7 Å². The summed E-state index contributed by atoms with van der Waals surface area (Å²) in [6, 6.07) is 19.5. The molecule has 0 amide bonds. The number of likely N-dealkylation sites (N-methyl/N-ethyl adjacent to an activating group) is 1. The van der Waals surface area contributed by atoms with E-state index in [1.807, 2.05) is 0 Å². The largest absolute Gasteiger partial charge is 0.304 e. The maximum atomic E-state index is 2.68. The van der Waals surface area contributed by atoms with Crippen LogP contribution < -0.4 is 0 Å². The Morgan fingerprint density at radius 3 is 1.65 bits per heavy atom. The van der Waals surface area contributed by atoms with E-state index in [0.29, 0.717) is 12.1 Å². The molecule has 2 unspecified atom stereocenters. The highest BCUT2D eigenvalue weighted by Crippen LogP contribution is 2.21. The van der Waals surface area contributed by atoms with Gasteiger partial charge in [-0.25, -0.2) is 0 Å². The zero-order chi connectivity index (χ0) is 21.8. The van der Waals surface area contributed by atoms with Gasteiger partial charge >= 0.3 is 0 Å². The average molecular weight is 421 g/mol. The summed E-state index contributed by atoms with van der Waals surface area (Å²) in [6.45, 7) is 17.1. The third kappa shape index (κ3) is 6.17. The van der Waals surface area contributed by atoms with Crippen molar-refractivity contribution in [1.82, 2.24) is 19.6 Å². The minimum atomic E-state index is 0.569. The van der Waals surface area contributed by atoms with Crippen molar-refractivity contribution in [2.24, 2.45) is 0 Å². The molecule has 0 radical (unpaired) electrons. The van der Waals surface area contributed by atoms with Gasteiger partial charge in [0.15, 0.2) is 0 Å². The van der Waals surface area contributed by atoms with Gasteiger partial charge in [-0.2, -0.15) is 0 Å². The fourth-order valence-electron chi connectivity index (χ4n) is 5.08. The van der Waals surface area contributed by atoms with Gasteiger partial charge < -0.3 is 4.90 Å². The van der Waals surface area contributed by atoms with Crippen molar-refractivity contribution >= 4 is 0 Å². The number of hydrogen-bond acceptors (Lipinski definition) is 4. The standard InChI is InChI=1S/C27H40N4/c1-22-5-7-25(8-6-22)20-30-17-23(2)31(24(3)18-30)21-27-11-9-26(10-12-27)19-29-15-13-28(4)14-16-29/h5-12,23-24H,13-21H2,1-4H3. The Morgan fingerprint density at radius 2 is 1.10 bits per heavy atom. The van der Waals surface area contributed by atoms with Crippen molar-refractivity contribution in [3.05, 3.63) is 70.8 Å². The molecule has 2 aliphatic rings. The van der Waals surface area contributed by atoms with Gasteiger partial charge in [-0.05, 0) is 44.5 Å². The van der Waals surface area contributed by atoms with Crippen LogP contribution in [0.1, 0.15) is 36.1 Å². The fourth-order valence-corrected chi connectivity index (χ4v) is 5.08. The normalized spacial score (nSPS) is 24.5. The van der Waals surface area contributed by atoms with Crippen LogP contribution in [0, 0.1) is 6.92 Å². The first-order valence-electron chi connectivity index (χ1n) is 12.0. The Morgan fingerprint density at radius 1 is 0.645 bits per heavy atom. The lowest BCUT2D eigenvalue weighted by molar-refractivity contribution is 0.0290. The summed E-state index contributed by atoms with van der Waals surface area (Å²) < 4.78 is 0. The molecule has 0 bridgehead atoms. The predicted molar refractivity (Wildman–Crippen MR) is 130 cm³/mol. The molecule has 4 heteroatoms. The van der Waals surface area contributed by atoms with Crippen LogP contribution in [0.15, 0.2) is 48.5 Å². The number of aryl methyl sites for hydroxylation is 1. The van der Waals surface area contributed by atoms with E-state index >= 15 is 0 Å². The molecule has 31 heavy (non-hydrogen) atoms. The van der Waals surface area contributed by atoms with Crippen LogP contribution in [-0.2, 0) is 19.6 Å². The molecular weight excluding hydrogens is 380 g/mol. The molecule has 2 heterocycles. The van der Waals surface area contributed by atoms with Crippen molar-refractivity contribution in [1.29, 1.82) is 0 Å². The minimum Gasteiger partial charge on any atom is -0.304 e. The van der Waals surface area contributed by atoms with Crippen molar-refractivity contribution in [3.8, 4) is 0 Å². The molecule has 4 nitrogen and oxygen atoms in total. The number of nitrogens with zero attached hydrogens (tertiary/aromatic N) is 4. The number of piperazine rings is 2. The molecule has 0 spiro atoms. The van der Waals surface area contributed by atoms with E-state index in [4.69, 9.17) is 0 Å². The predicted octanol–water partition coefficient (Wildman–Crippen LogP) is 3.84. The minimum absolute atomic E-state index is 0.569. The lowest BCUT2D eigenvalue weighted by Gasteiger charge is -2.44. The summed E-state index contributed by atoms with van der Waals surface area (Å²) in [5.41, 5.74) is 5.64. The monoisotopic (exact) mass is 420 g/mol. The van der Waals surface area contributed by atoms with Crippen LogP contribution in [0.5, 0.6) is 0 Å². The second kappa shape index (κ2) is 10.3. The Kier molecular flexibility index (Phi) is 7.44. The van der Waals surface area contributed by atoms with Gasteiger partial charge in [-0.15, -0.1) is 0 Å². The van der Waals surface area contributed by atoms with E-state index in [-0.39, 0.29) is 0 Å². The zero-order valence-corrected chi connectivity index (χ0v) is 19.9. The van der Waals surface area contributed by atoms with Gasteiger partial charge in [0.25, 0.3) is 0 Å². The summed E-state index contributed by atoms with van der Waals surface area (Å²) in [6.07, 6.45) is 0. The number of rotatable bonds is 6. The molecule has 0 aromatic heterocycles. The van der Waals surface area contributed by atoms with Crippen LogP contribution >= 0.6 is 0 Å². The van der Waals surface area contributed by atoms with Gasteiger partial charge in [0.2, 0.25) is 0 Å². The highest BCUT2D eigenvalue weighted by atomic mass is 15.3.